The Morgan fingerprint density at radius 3 is 2.59 bits per heavy atom. The van der Waals surface area contributed by atoms with Gasteiger partial charge in [0.25, 0.3) is 5.91 Å². The second-order valence-electron chi connectivity index (χ2n) is 8.90. The van der Waals surface area contributed by atoms with Crippen LogP contribution in [0, 0.1) is 0 Å². The van der Waals surface area contributed by atoms with Crippen LogP contribution in [0.3, 0.4) is 0 Å². The minimum absolute atomic E-state index is 0.0196. The molecule has 2 atom stereocenters. The third-order valence-electron chi connectivity index (χ3n) is 6.97. The number of benzene rings is 1. The van der Waals surface area contributed by atoms with E-state index >= 15 is 0 Å². The molecular weight excluding hydrogens is 470 g/mol. The van der Waals surface area contributed by atoms with E-state index in [0.717, 1.165) is 24.0 Å². The number of halogens is 1. The van der Waals surface area contributed by atoms with Gasteiger partial charge in [-0.15, -0.1) is 11.3 Å². The minimum atomic E-state index is -0.299. The third kappa shape index (κ3) is 4.13. The van der Waals surface area contributed by atoms with Crippen molar-refractivity contribution < 1.29 is 14.3 Å². The Morgan fingerprint density at radius 1 is 1.18 bits per heavy atom. The highest BCUT2D eigenvalue weighted by molar-refractivity contribution is 7.12. The fraction of sp³-hybridized carbons (Fsp3) is 0.346. The van der Waals surface area contributed by atoms with Gasteiger partial charge >= 0.3 is 0 Å². The lowest BCUT2D eigenvalue weighted by molar-refractivity contribution is -0.122. The average Bonchev–Trinajstić information content (AvgIpc) is 3.38. The van der Waals surface area contributed by atoms with E-state index in [9.17, 15) is 9.59 Å². The van der Waals surface area contributed by atoms with E-state index in [0.29, 0.717) is 29.6 Å². The number of nitrogens with zero attached hydrogens (tertiary/aromatic N) is 2. The highest BCUT2D eigenvalue weighted by Crippen LogP contribution is 2.52. The van der Waals surface area contributed by atoms with Gasteiger partial charge in [-0.05, 0) is 53.1 Å². The summed E-state index contributed by atoms with van der Waals surface area (Å²) in [4.78, 5) is 31.8. The van der Waals surface area contributed by atoms with Gasteiger partial charge in [0.1, 0.15) is 4.88 Å². The van der Waals surface area contributed by atoms with Crippen LogP contribution in [0.1, 0.15) is 52.2 Å². The molecule has 1 aliphatic carbocycles. The van der Waals surface area contributed by atoms with Crippen molar-refractivity contribution >= 4 is 34.8 Å². The molecule has 1 fully saturated rings. The first-order chi connectivity index (χ1) is 16.5. The minimum Gasteiger partial charge on any atom is -0.370 e. The Labute approximate surface area is 207 Å². The number of hydrogen-bond acceptors (Lipinski definition) is 5. The van der Waals surface area contributed by atoms with Gasteiger partial charge in [-0.1, -0.05) is 35.9 Å². The number of fused-ring (bicyclic) bond motifs is 2. The number of hydrogen-bond donors (Lipinski definition) is 1. The van der Waals surface area contributed by atoms with Crippen LogP contribution < -0.4 is 5.32 Å². The van der Waals surface area contributed by atoms with Crippen molar-refractivity contribution in [3.8, 4) is 0 Å². The number of carbonyl (C=O) groups is 2. The van der Waals surface area contributed by atoms with Gasteiger partial charge in [-0.25, -0.2) is 0 Å². The van der Waals surface area contributed by atoms with Gasteiger partial charge in [0.05, 0.1) is 23.8 Å². The first-order valence-corrected chi connectivity index (χ1v) is 12.6. The van der Waals surface area contributed by atoms with Crippen molar-refractivity contribution in [2.45, 2.75) is 43.9 Å². The molecule has 0 saturated carbocycles. The van der Waals surface area contributed by atoms with Crippen molar-refractivity contribution in [3.63, 3.8) is 0 Å². The molecule has 1 saturated heterocycles. The average molecular weight is 496 g/mol. The number of nitrogens with one attached hydrogen (secondary N) is 1. The number of carbonyl (C=O) groups excluding carboxylic acids is 2. The summed E-state index contributed by atoms with van der Waals surface area (Å²) in [6.07, 6.45) is 4.75. The highest BCUT2D eigenvalue weighted by Gasteiger charge is 2.54. The zero-order chi connectivity index (χ0) is 23.7. The Bertz CT molecular complexity index is 1190. The van der Waals surface area contributed by atoms with Crippen molar-refractivity contribution in [1.29, 1.82) is 0 Å². The summed E-state index contributed by atoms with van der Waals surface area (Å²) < 4.78 is 6.60. The number of pyridine rings is 1. The van der Waals surface area contributed by atoms with E-state index < -0.39 is 0 Å². The summed E-state index contributed by atoms with van der Waals surface area (Å²) in [5.74, 6) is -0.108. The maximum Gasteiger partial charge on any atom is 0.265 e. The molecule has 2 aliphatic rings. The van der Waals surface area contributed by atoms with E-state index in [1.54, 1.807) is 25.4 Å². The topological polar surface area (TPSA) is 71.5 Å². The van der Waals surface area contributed by atoms with E-state index in [-0.39, 0.29) is 29.4 Å². The fourth-order valence-corrected chi connectivity index (χ4v) is 6.51. The molecule has 1 spiro atoms. The van der Waals surface area contributed by atoms with Gasteiger partial charge in [-0.2, -0.15) is 0 Å². The number of amides is 2. The van der Waals surface area contributed by atoms with Crippen LogP contribution in [0.15, 0.2) is 60.2 Å². The lowest BCUT2D eigenvalue weighted by Crippen LogP contribution is -2.51. The summed E-state index contributed by atoms with van der Waals surface area (Å²) in [6.45, 7) is 3.17. The molecule has 176 valence electrons. The van der Waals surface area contributed by atoms with Crippen molar-refractivity contribution in [2.24, 2.45) is 0 Å². The van der Waals surface area contributed by atoms with E-state index in [4.69, 9.17) is 16.3 Å². The lowest BCUT2D eigenvalue weighted by Gasteiger charge is -2.44. The number of rotatable bonds is 5. The van der Waals surface area contributed by atoms with Crippen molar-refractivity contribution in [1.82, 2.24) is 15.2 Å². The molecule has 2 amide bonds. The molecule has 6 nitrogen and oxygen atoms in total. The molecule has 1 N–H and O–H groups in total. The second-order valence-corrected chi connectivity index (χ2v) is 10.2. The highest BCUT2D eigenvalue weighted by atomic mass is 35.5. The summed E-state index contributed by atoms with van der Waals surface area (Å²) >= 11 is 7.61. The molecule has 0 radical (unpaired) electrons. The van der Waals surface area contributed by atoms with Gasteiger partial charge in [0, 0.05) is 37.8 Å². The van der Waals surface area contributed by atoms with E-state index in [1.807, 2.05) is 34.5 Å². The maximum atomic E-state index is 13.1. The predicted octanol–water partition coefficient (Wildman–Crippen LogP) is 4.75. The zero-order valence-electron chi connectivity index (χ0n) is 18.9. The number of thiophene rings is 1. The van der Waals surface area contributed by atoms with Gasteiger partial charge in [-0.3, -0.25) is 14.6 Å². The smallest absolute Gasteiger partial charge is 0.265 e. The number of likely N-dealkylation sites (tertiary alicyclic amines) is 1. The van der Waals surface area contributed by atoms with Crippen LogP contribution >= 0.6 is 22.9 Å². The van der Waals surface area contributed by atoms with Gasteiger partial charge in [0.15, 0.2) is 0 Å². The lowest BCUT2D eigenvalue weighted by atomic mass is 9.71. The first kappa shape index (κ1) is 23.0. The Hall–Kier alpha value is -2.74. The fourth-order valence-electron chi connectivity index (χ4n) is 5.40. The van der Waals surface area contributed by atoms with Crippen molar-refractivity contribution in [2.75, 3.05) is 13.1 Å². The summed E-state index contributed by atoms with van der Waals surface area (Å²) in [5, 5.41) is 5.49. The molecule has 3 aromatic rings. The quantitative estimate of drug-likeness (QED) is 0.554. The summed E-state index contributed by atoms with van der Waals surface area (Å²) in [6, 6.07) is 13.7. The number of aromatic nitrogens is 1. The van der Waals surface area contributed by atoms with Crippen LogP contribution in [0.2, 0.25) is 5.02 Å². The molecule has 3 heterocycles. The predicted molar refractivity (Wildman–Crippen MR) is 132 cm³/mol. The van der Waals surface area contributed by atoms with Gasteiger partial charge < -0.3 is 15.0 Å². The van der Waals surface area contributed by atoms with Crippen LogP contribution in [-0.4, -0.2) is 40.9 Å². The Balaban J connectivity index is 1.45. The largest absolute Gasteiger partial charge is 0.370 e. The third-order valence-corrected chi connectivity index (χ3v) is 8.30. The van der Waals surface area contributed by atoms with Crippen LogP contribution in [0.4, 0.5) is 0 Å². The van der Waals surface area contributed by atoms with E-state index in [2.05, 4.69) is 22.4 Å². The van der Waals surface area contributed by atoms with Crippen LogP contribution in [0.25, 0.3) is 0 Å². The van der Waals surface area contributed by atoms with Gasteiger partial charge in [0.2, 0.25) is 5.91 Å². The molecule has 0 bridgehead atoms. The molecule has 34 heavy (non-hydrogen) atoms. The number of piperidine rings is 1. The maximum absolute atomic E-state index is 13.1. The van der Waals surface area contributed by atoms with Crippen LogP contribution in [0.5, 0.6) is 0 Å². The molecule has 1 aromatic carbocycles. The standard InChI is InChI=1S/C26H26ClN3O3S/c1-17(31)29-22-19-4-2-3-5-20(19)26(24(22)33-16-18-6-11-28-12-7-18)9-13-30(14-10-26)25(32)23-21(27)8-15-34-23/h2-8,11-12,15,22,24H,9-10,13-14,16H2,1H3,(H,29,31)/t22-,24+/m1/s1. The second kappa shape index (κ2) is 9.49. The van der Waals surface area contributed by atoms with E-state index in [1.165, 1.54) is 16.9 Å². The normalized spacial score (nSPS) is 20.8. The molecule has 2 aromatic heterocycles. The first-order valence-electron chi connectivity index (χ1n) is 11.4. The molecular formula is C26H26ClN3O3S. The molecule has 5 rings (SSSR count). The SMILES string of the molecule is CC(=O)N[C@@H]1c2ccccc2C2(CCN(C(=O)c3sccc3Cl)CC2)[C@H]1OCc1ccncc1. The Kier molecular flexibility index (Phi) is 6.42. The van der Waals surface area contributed by atoms with Crippen molar-refractivity contribution in [3.05, 3.63) is 86.8 Å². The zero-order valence-corrected chi connectivity index (χ0v) is 20.4. The summed E-state index contributed by atoms with van der Waals surface area (Å²) in [5.41, 5.74) is 3.03. The monoisotopic (exact) mass is 495 g/mol. The Morgan fingerprint density at radius 2 is 1.91 bits per heavy atom. The summed E-state index contributed by atoms with van der Waals surface area (Å²) in [7, 11) is 0. The van der Waals surface area contributed by atoms with Crippen LogP contribution in [-0.2, 0) is 21.6 Å². The molecule has 0 unspecified atom stereocenters. The molecule has 1 aliphatic heterocycles. The number of ether oxygens (including phenoxy) is 1. The molecule has 8 heteroatoms.